The fraction of sp³-hybridized carbons (Fsp3) is 0.600. The van der Waals surface area contributed by atoms with Gasteiger partial charge in [0.15, 0.2) is 0 Å². The number of halogens is 1. The van der Waals surface area contributed by atoms with Crippen molar-refractivity contribution in [2.24, 2.45) is 11.8 Å². The number of rotatable bonds is 5. The lowest BCUT2D eigenvalue weighted by Gasteiger charge is -2.37. The van der Waals surface area contributed by atoms with Crippen LogP contribution in [0.1, 0.15) is 32.3 Å². The second-order valence-electron chi connectivity index (χ2n) is 5.49. The summed E-state index contributed by atoms with van der Waals surface area (Å²) >= 11 is 3.49. The first-order valence-electron chi connectivity index (χ1n) is 6.63. The first-order valence-corrected chi connectivity index (χ1v) is 7.42. The number of hydrogen-bond acceptors (Lipinski definition) is 1. The Morgan fingerprint density at radius 1 is 1.18 bits per heavy atom. The van der Waals surface area contributed by atoms with E-state index in [0.29, 0.717) is 6.04 Å². The quantitative estimate of drug-likeness (QED) is 0.865. The average molecular weight is 296 g/mol. The molecular weight excluding hydrogens is 274 g/mol. The third-order valence-electron chi connectivity index (χ3n) is 3.77. The lowest BCUT2D eigenvalue weighted by Crippen LogP contribution is -2.38. The molecular formula is C15H22BrN. The maximum atomic E-state index is 3.56. The summed E-state index contributed by atoms with van der Waals surface area (Å²) in [6.45, 7) is 5.64. The summed E-state index contributed by atoms with van der Waals surface area (Å²) in [7, 11) is 0. The highest BCUT2D eigenvalue weighted by molar-refractivity contribution is 9.10. The zero-order valence-corrected chi connectivity index (χ0v) is 12.3. The van der Waals surface area contributed by atoms with Crippen molar-refractivity contribution in [3.63, 3.8) is 0 Å². The Morgan fingerprint density at radius 2 is 1.82 bits per heavy atom. The van der Waals surface area contributed by atoms with Crippen LogP contribution in [0.4, 0.5) is 0 Å². The standard InChI is InChI=1S/C15H22BrN/c1-11(2)17-10-14-6-5-13(14)9-12-3-7-15(16)8-4-12/h3-4,7-8,11,13-14,17H,5-6,9-10H2,1-2H3. The van der Waals surface area contributed by atoms with Gasteiger partial charge in [-0.1, -0.05) is 41.9 Å². The fourth-order valence-electron chi connectivity index (χ4n) is 2.49. The van der Waals surface area contributed by atoms with Gasteiger partial charge in [-0.3, -0.25) is 0 Å². The molecule has 1 nitrogen and oxygen atoms in total. The molecule has 1 aromatic carbocycles. The Morgan fingerprint density at radius 3 is 2.35 bits per heavy atom. The molecule has 0 radical (unpaired) electrons. The maximum absolute atomic E-state index is 3.56. The van der Waals surface area contributed by atoms with Crippen LogP contribution in [0.5, 0.6) is 0 Å². The van der Waals surface area contributed by atoms with Crippen molar-refractivity contribution in [2.45, 2.75) is 39.2 Å². The SMILES string of the molecule is CC(C)NCC1CCC1Cc1ccc(Br)cc1. The minimum Gasteiger partial charge on any atom is -0.314 e. The monoisotopic (exact) mass is 295 g/mol. The van der Waals surface area contributed by atoms with E-state index in [1.807, 2.05) is 0 Å². The molecule has 1 aliphatic rings. The van der Waals surface area contributed by atoms with Gasteiger partial charge in [0.25, 0.3) is 0 Å². The molecule has 1 fully saturated rings. The molecule has 0 heterocycles. The smallest absolute Gasteiger partial charge is 0.0175 e. The third kappa shape index (κ3) is 3.82. The van der Waals surface area contributed by atoms with Gasteiger partial charge in [-0.2, -0.15) is 0 Å². The van der Waals surface area contributed by atoms with E-state index in [9.17, 15) is 0 Å². The molecule has 1 saturated carbocycles. The average Bonchev–Trinajstić information content (AvgIpc) is 2.26. The van der Waals surface area contributed by atoms with Crippen LogP contribution in [0.25, 0.3) is 0 Å². The molecule has 0 bridgehead atoms. The van der Waals surface area contributed by atoms with Crippen LogP contribution in [0.15, 0.2) is 28.7 Å². The lowest BCUT2D eigenvalue weighted by molar-refractivity contribution is 0.168. The first-order chi connectivity index (χ1) is 8.15. The van der Waals surface area contributed by atoms with Crippen molar-refractivity contribution in [2.75, 3.05) is 6.54 Å². The Kier molecular flexibility index (Phi) is 4.63. The van der Waals surface area contributed by atoms with E-state index >= 15 is 0 Å². The first kappa shape index (κ1) is 13.1. The van der Waals surface area contributed by atoms with Gasteiger partial charge in [0, 0.05) is 10.5 Å². The highest BCUT2D eigenvalue weighted by atomic mass is 79.9. The molecule has 1 N–H and O–H groups in total. The normalized spacial score (nSPS) is 23.8. The lowest BCUT2D eigenvalue weighted by atomic mass is 9.70. The summed E-state index contributed by atoms with van der Waals surface area (Å²) in [4.78, 5) is 0. The van der Waals surface area contributed by atoms with Crippen LogP contribution in [0.3, 0.4) is 0 Å². The molecule has 0 aliphatic heterocycles. The van der Waals surface area contributed by atoms with Crippen molar-refractivity contribution in [1.82, 2.24) is 5.32 Å². The van der Waals surface area contributed by atoms with Crippen molar-refractivity contribution in [3.05, 3.63) is 34.3 Å². The predicted molar refractivity (Wildman–Crippen MR) is 77.2 cm³/mol. The van der Waals surface area contributed by atoms with Gasteiger partial charge in [-0.15, -0.1) is 0 Å². The van der Waals surface area contributed by atoms with Crippen molar-refractivity contribution in [3.8, 4) is 0 Å². The van der Waals surface area contributed by atoms with Gasteiger partial charge in [0.1, 0.15) is 0 Å². The van der Waals surface area contributed by atoms with Crippen LogP contribution < -0.4 is 5.32 Å². The molecule has 0 saturated heterocycles. The topological polar surface area (TPSA) is 12.0 Å². The van der Waals surface area contributed by atoms with E-state index in [1.165, 1.54) is 35.8 Å². The highest BCUT2D eigenvalue weighted by Crippen LogP contribution is 2.36. The Bertz CT molecular complexity index is 344. The third-order valence-corrected chi connectivity index (χ3v) is 4.30. The van der Waals surface area contributed by atoms with Gasteiger partial charge < -0.3 is 5.32 Å². The van der Waals surface area contributed by atoms with E-state index in [2.05, 4.69) is 59.4 Å². The molecule has 2 unspecified atom stereocenters. The molecule has 0 amide bonds. The summed E-state index contributed by atoms with van der Waals surface area (Å²) in [5.74, 6) is 1.78. The van der Waals surface area contributed by atoms with E-state index in [4.69, 9.17) is 0 Å². The molecule has 1 aromatic rings. The maximum Gasteiger partial charge on any atom is 0.0175 e. The molecule has 1 aliphatic carbocycles. The van der Waals surface area contributed by atoms with E-state index in [0.717, 1.165) is 11.8 Å². The molecule has 94 valence electrons. The van der Waals surface area contributed by atoms with Gasteiger partial charge in [-0.25, -0.2) is 0 Å². The van der Waals surface area contributed by atoms with E-state index in [1.54, 1.807) is 0 Å². The Balaban J connectivity index is 1.81. The van der Waals surface area contributed by atoms with Gasteiger partial charge in [0.2, 0.25) is 0 Å². The van der Waals surface area contributed by atoms with Crippen molar-refractivity contribution in [1.29, 1.82) is 0 Å². The van der Waals surface area contributed by atoms with Crippen LogP contribution in [-0.2, 0) is 6.42 Å². The van der Waals surface area contributed by atoms with Crippen LogP contribution >= 0.6 is 15.9 Å². The molecule has 17 heavy (non-hydrogen) atoms. The van der Waals surface area contributed by atoms with Crippen molar-refractivity contribution < 1.29 is 0 Å². The Hall–Kier alpha value is -0.340. The summed E-state index contributed by atoms with van der Waals surface area (Å²) in [5.41, 5.74) is 1.48. The molecule has 0 spiro atoms. The summed E-state index contributed by atoms with van der Waals surface area (Å²) in [6.07, 6.45) is 4.05. The summed E-state index contributed by atoms with van der Waals surface area (Å²) < 4.78 is 1.17. The van der Waals surface area contributed by atoms with Gasteiger partial charge in [0.05, 0.1) is 0 Å². The minimum absolute atomic E-state index is 0.615. The van der Waals surface area contributed by atoms with E-state index in [-0.39, 0.29) is 0 Å². The van der Waals surface area contributed by atoms with Crippen LogP contribution in [-0.4, -0.2) is 12.6 Å². The summed E-state index contributed by atoms with van der Waals surface area (Å²) in [6, 6.07) is 9.40. The van der Waals surface area contributed by atoms with Crippen LogP contribution in [0, 0.1) is 11.8 Å². The fourth-order valence-corrected chi connectivity index (χ4v) is 2.75. The minimum atomic E-state index is 0.615. The molecule has 2 heteroatoms. The van der Waals surface area contributed by atoms with Crippen molar-refractivity contribution >= 4 is 15.9 Å². The zero-order chi connectivity index (χ0) is 12.3. The number of benzene rings is 1. The summed E-state index contributed by atoms with van der Waals surface area (Å²) in [5, 5.41) is 3.56. The van der Waals surface area contributed by atoms with E-state index < -0.39 is 0 Å². The highest BCUT2D eigenvalue weighted by Gasteiger charge is 2.30. The molecule has 2 atom stereocenters. The Labute approximate surface area is 113 Å². The molecule has 2 rings (SSSR count). The second-order valence-corrected chi connectivity index (χ2v) is 6.41. The number of hydrogen-bond donors (Lipinski definition) is 1. The van der Waals surface area contributed by atoms with Crippen LogP contribution in [0.2, 0.25) is 0 Å². The number of nitrogens with one attached hydrogen (secondary N) is 1. The second kappa shape index (κ2) is 6.01. The van der Waals surface area contributed by atoms with Gasteiger partial charge in [-0.05, 0) is 55.3 Å². The van der Waals surface area contributed by atoms with Gasteiger partial charge >= 0.3 is 0 Å². The largest absolute Gasteiger partial charge is 0.314 e. The predicted octanol–water partition coefficient (Wildman–Crippen LogP) is 4.02. The molecule has 0 aromatic heterocycles. The zero-order valence-electron chi connectivity index (χ0n) is 10.7.